The first-order valence-corrected chi connectivity index (χ1v) is 14.3. The van der Waals surface area contributed by atoms with E-state index in [4.69, 9.17) is 11.6 Å². The molecule has 10 heteroatoms. The normalized spacial score (nSPS) is 12.0. The minimum atomic E-state index is -3.93. The SMILES string of the molecule is CCNC(=O)[C@@H](Cc1ccccc1)N(Cc1ccccc1F)C(=O)CN(c1cc(Cl)ccc1C)S(C)(=O)=O. The lowest BCUT2D eigenvalue weighted by Gasteiger charge is -2.33. The summed E-state index contributed by atoms with van der Waals surface area (Å²) in [4.78, 5) is 28.4. The first-order valence-electron chi connectivity index (χ1n) is 12.1. The number of carbonyl (C=O) groups is 2. The van der Waals surface area contributed by atoms with E-state index in [1.807, 2.05) is 30.3 Å². The van der Waals surface area contributed by atoms with E-state index < -0.39 is 40.2 Å². The number of sulfonamides is 1. The molecule has 0 heterocycles. The number of nitrogens with zero attached hydrogens (tertiary/aromatic N) is 2. The molecule has 0 spiro atoms. The molecule has 1 N–H and O–H groups in total. The first kappa shape index (κ1) is 29.1. The molecule has 3 rings (SSSR count). The maximum Gasteiger partial charge on any atom is 0.244 e. The first-order chi connectivity index (χ1) is 18.0. The number of hydrogen-bond acceptors (Lipinski definition) is 4. The van der Waals surface area contributed by atoms with Gasteiger partial charge in [-0.3, -0.25) is 13.9 Å². The van der Waals surface area contributed by atoms with E-state index in [9.17, 15) is 22.4 Å². The van der Waals surface area contributed by atoms with Gasteiger partial charge in [0.1, 0.15) is 18.4 Å². The van der Waals surface area contributed by atoms with Crippen molar-refractivity contribution in [2.24, 2.45) is 0 Å². The van der Waals surface area contributed by atoms with Crippen molar-refractivity contribution in [2.75, 3.05) is 23.7 Å². The Kier molecular flexibility index (Phi) is 9.88. The molecule has 0 aliphatic rings. The number of benzene rings is 3. The van der Waals surface area contributed by atoms with Crippen LogP contribution in [0, 0.1) is 12.7 Å². The Morgan fingerprint density at radius 3 is 2.32 bits per heavy atom. The number of hydrogen-bond donors (Lipinski definition) is 1. The molecule has 0 aliphatic carbocycles. The molecule has 0 unspecified atom stereocenters. The van der Waals surface area contributed by atoms with E-state index in [2.05, 4.69) is 5.32 Å². The molecule has 0 aliphatic heterocycles. The third-order valence-electron chi connectivity index (χ3n) is 6.04. The monoisotopic (exact) mass is 559 g/mol. The molecule has 3 aromatic rings. The number of nitrogens with one attached hydrogen (secondary N) is 1. The minimum absolute atomic E-state index is 0.155. The van der Waals surface area contributed by atoms with Crippen molar-refractivity contribution >= 4 is 39.1 Å². The van der Waals surface area contributed by atoms with Crippen molar-refractivity contribution in [1.82, 2.24) is 10.2 Å². The average molecular weight is 560 g/mol. The minimum Gasteiger partial charge on any atom is -0.355 e. The zero-order valence-corrected chi connectivity index (χ0v) is 23.1. The van der Waals surface area contributed by atoms with Gasteiger partial charge in [-0.2, -0.15) is 0 Å². The Morgan fingerprint density at radius 1 is 1.03 bits per heavy atom. The van der Waals surface area contributed by atoms with E-state index in [1.165, 1.54) is 29.2 Å². The molecule has 0 saturated heterocycles. The zero-order valence-electron chi connectivity index (χ0n) is 21.5. The van der Waals surface area contributed by atoms with Crippen molar-refractivity contribution in [2.45, 2.75) is 32.9 Å². The summed E-state index contributed by atoms with van der Waals surface area (Å²) in [5, 5.41) is 3.06. The third kappa shape index (κ3) is 7.55. The number of amides is 2. The zero-order chi connectivity index (χ0) is 27.9. The summed E-state index contributed by atoms with van der Waals surface area (Å²) in [5.74, 6) is -1.62. The topological polar surface area (TPSA) is 86.8 Å². The van der Waals surface area contributed by atoms with Gasteiger partial charge in [0.25, 0.3) is 0 Å². The summed E-state index contributed by atoms with van der Waals surface area (Å²) in [5.41, 5.74) is 1.84. The van der Waals surface area contributed by atoms with Gasteiger partial charge in [-0.25, -0.2) is 12.8 Å². The fraction of sp³-hybridized carbons (Fsp3) is 0.286. The summed E-state index contributed by atoms with van der Waals surface area (Å²) >= 11 is 6.14. The summed E-state index contributed by atoms with van der Waals surface area (Å²) in [6, 6.07) is 18.8. The molecule has 3 aromatic carbocycles. The van der Waals surface area contributed by atoms with Crippen molar-refractivity contribution < 1.29 is 22.4 Å². The van der Waals surface area contributed by atoms with Gasteiger partial charge < -0.3 is 10.2 Å². The standard InChI is InChI=1S/C28H31ClFN3O4S/c1-4-31-28(35)26(16-21-10-6-5-7-11-21)32(18-22-12-8-9-13-24(22)30)27(34)19-33(38(3,36)37)25-17-23(29)15-14-20(25)2/h5-15,17,26H,4,16,18-19H2,1-3H3,(H,31,35)/t26-/m1/s1. The van der Waals surface area contributed by atoms with Crippen LogP contribution in [-0.2, 0) is 32.6 Å². The Hall–Kier alpha value is -3.43. The van der Waals surface area contributed by atoms with Crippen LogP contribution in [0.1, 0.15) is 23.6 Å². The Bertz CT molecular complexity index is 1390. The van der Waals surface area contributed by atoms with Crippen molar-refractivity contribution in [3.8, 4) is 0 Å². The second kappa shape index (κ2) is 12.9. The number of aryl methyl sites for hydroxylation is 1. The second-order valence-corrected chi connectivity index (χ2v) is 11.3. The number of carbonyl (C=O) groups excluding carboxylic acids is 2. The third-order valence-corrected chi connectivity index (χ3v) is 7.40. The molecule has 0 fully saturated rings. The van der Waals surface area contributed by atoms with Crippen LogP contribution < -0.4 is 9.62 Å². The Labute approximate surface area is 228 Å². The number of rotatable bonds is 11. The predicted octanol–water partition coefficient (Wildman–Crippen LogP) is 4.33. The largest absolute Gasteiger partial charge is 0.355 e. The molecule has 0 radical (unpaired) electrons. The molecule has 1 atom stereocenters. The lowest BCUT2D eigenvalue weighted by atomic mass is 10.0. The fourth-order valence-corrected chi connectivity index (χ4v) is 5.17. The van der Waals surface area contributed by atoms with Crippen LogP contribution in [0.25, 0.3) is 0 Å². The summed E-state index contributed by atoms with van der Waals surface area (Å²) < 4.78 is 41.3. The smallest absolute Gasteiger partial charge is 0.244 e. The molecule has 0 aromatic heterocycles. The highest BCUT2D eigenvalue weighted by Crippen LogP contribution is 2.27. The van der Waals surface area contributed by atoms with Gasteiger partial charge in [-0.05, 0) is 43.2 Å². The molecular formula is C28H31ClFN3O4S. The van der Waals surface area contributed by atoms with Crippen molar-refractivity contribution in [3.05, 3.63) is 100 Å². The lowest BCUT2D eigenvalue weighted by Crippen LogP contribution is -2.53. The lowest BCUT2D eigenvalue weighted by molar-refractivity contribution is -0.140. The van der Waals surface area contributed by atoms with E-state index in [-0.39, 0.29) is 24.2 Å². The van der Waals surface area contributed by atoms with Crippen LogP contribution in [0.4, 0.5) is 10.1 Å². The molecule has 38 heavy (non-hydrogen) atoms. The van der Waals surface area contributed by atoms with Gasteiger partial charge in [-0.15, -0.1) is 0 Å². The molecule has 2 amide bonds. The van der Waals surface area contributed by atoms with Crippen LogP contribution >= 0.6 is 11.6 Å². The molecular weight excluding hydrogens is 529 g/mol. The molecule has 0 saturated carbocycles. The van der Waals surface area contributed by atoms with E-state index in [1.54, 1.807) is 32.0 Å². The number of likely N-dealkylation sites (N-methyl/N-ethyl adjacent to an activating group) is 1. The van der Waals surface area contributed by atoms with Gasteiger partial charge >= 0.3 is 0 Å². The van der Waals surface area contributed by atoms with Crippen molar-refractivity contribution in [1.29, 1.82) is 0 Å². The highest BCUT2D eigenvalue weighted by molar-refractivity contribution is 7.92. The molecule has 7 nitrogen and oxygen atoms in total. The van der Waals surface area contributed by atoms with E-state index in [0.717, 1.165) is 16.1 Å². The van der Waals surface area contributed by atoms with E-state index >= 15 is 0 Å². The van der Waals surface area contributed by atoms with Crippen LogP contribution in [-0.4, -0.2) is 50.5 Å². The second-order valence-electron chi connectivity index (χ2n) is 8.91. The molecule has 0 bridgehead atoms. The van der Waals surface area contributed by atoms with Crippen LogP contribution in [0.3, 0.4) is 0 Å². The van der Waals surface area contributed by atoms with Crippen LogP contribution in [0.2, 0.25) is 5.02 Å². The summed E-state index contributed by atoms with van der Waals surface area (Å²) in [7, 11) is -3.93. The fourth-order valence-electron chi connectivity index (χ4n) is 4.10. The highest BCUT2D eigenvalue weighted by Gasteiger charge is 2.33. The van der Waals surface area contributed by atoms with Crippen LogP contribution in [0.15, 0.2) is 72.8 Å². The quantitative estimate of drug-likeness (QED) is 0.379. The molecule has 202 valence electrons. The van der Waals surface area contributed by atoms with E-state index in [0.29, 0.717) is 17.1 Å². The average Bonchev–Trinajstić information content (AvgIpc) is 2.87. The van der Waals surface area contributed by atoms with Gasteiger partial charge in [0.15, 0.2) is 0 Å². The van der Waals surface area contributed by atoms with Crippen molar-refractivity contribution in [3.63, 3.8) is 0 Å². The number of halogens is 2. The predicted molar refractivity (Wildman–Crippen MR) is 148 cm³/mol. The Morgan fingerprint density at radius 2 is 1.68 bits per heavy atom. The Balaban J connectivity index is 2.08. The van der Waals surface area contributed by atoms with Gasteiger partial charge in [0, 0.05) is 30.1 Å². The summed E-state index contributed by atoms with van der Waals surface area (Å²) in [6.45, 7) is 2.96. The van der Waals surface area contributed by atoms with Crippen LogP contribution in [0.5, 0.6) is 0 Å². The van der Waals surface area contributed by atoms with Gasteiger partial charge in [0.05, 0.1) is 11.9 Å². The maximum absolute atomic E-state index is 14.7. The van der Waals surface area contributed by atoms with Gasteiger partial charge in [0.2, 0.25) is 21.8 Å². The maximum atomic E-state index is 14.7. The summed E-state index contributed by atoms with van der Waals surface area (Å²) in [6.07, 6.45) is 1.15. The van der Waals surface area contributed by atoms with Gasteiger partial charge in [-0.1, -0.05) is 66.2 Å². The highest BCUT2D eigenvalue weighted by atomic mass is 35.5. The number of anilines is 1.